The molecule has 0 bridgehead atoms. The number of carbonyl (C=O) groups excluding carboxylic acids is 3. The number of fused-ring (bicyclic) bond motifs is 1. The molecule has 3 amide bonds. The highest BCUT2D eigenvalue weighted by molar-refractivity contribution is 5.99. The summed E-state index contributed by atoms with van der Waals surface area (Å²) in [7, 11) is 1.57. The molecular weight excluding hydrogens is 322 g/mol. The predicted molar refractivity (Wildman–Crippen MR) is 94.6 cm³/mol. The number of rotatable bonds is 7. The SMILES string of the molecule is COCCNC(=O)CCNC(=O)c1ccc2c(c1)C(C)(C)CC(=O)N2. The number of hydrogen-bond donors (Lipinski definition) is 3. The van der Waals surface area contributed by atoms with Crippen LogP contribution in [-0.2, 0) is 19.7 Å². The second kappa shape index (κ2) is 8.11. The van der Waals surface area contributed by atoms with Crippen LogP contribution in [-0.4, -0.2) is 44.5 Å². The average molecular weight is 347 g/mol. The lowest BCUT2D eigenvalue weighted by atomic mass is 9.77. The van der Waals surface area contributed by atoms with E-state index < -0.39 is 0 Å². The maximum Gasteiger partial charge on any atom is 0.251 e. The lowest BCUT2D eigenvalue weighted by Crippen LogP contribution is -2.34. The molecule has 0 saturated heterocycles. The highest BCUT2D eigenvalue weighted by Gasteiger charge is 2.32. The van der Waals surface area contributed by atoms with Gasteiger partial charge in [0.15, 0.2) is 0 Å². The number of nitrogens with one attached hydrogen (secondary N) is 3. The van der Waals surface area contributed by atoms with Gasteiger partial charge in [-0.1, -0.05) is 13.8 Å². The fourth-order valence-electron chi connectivity index (χ4n) is 2.82. The first-order chi connectivity index (χ1) is 11.8. The molecule has 2 rings (SSSR count). The molecule has 1 aliphatic rings. The van der Waals surface area contributed by atoms with Gasteiger partial charge in [0.05, 0.1) is 6.61 Å². The minimum absolute atomic E-state index is 0.0193. The van der Waals surface area contributed by atoms with Crippen molar-refractivity contribution in [2.75, 3.05) is 32.1 Å². The van der Waals surface area contributed by atoms with E-state index in [2.05, 4.69) is 16.0 Å². The van der Waals surface area contributed by atoms with Gasteiger partial charge in [0, 0.05) is 49.7 Å². The molecule has 0 aromatic heterocycles. The fraction of sp³-hybridized carbons (Fsp3) is 0.500. The number of carbonyl (C=O) groups is 3. The summed E-state index contributed by atoms with van der Waals surface area (Å²) >= 11 is 0. The van der Waals surface area contributed by atoms with Crippen LogP contribution in [0.15, 0.2) is 18.2 Å². The topological polar surface area (TPSA) is 96.5 Å². The van der Waals surface area contributed by atoms with Crippen LogP contribution in [0, 0.1) is 0 Å². The molecule has 0 radical (unpaired) electrons. The number of methoxy groups -OCH3 is 1. The summed E-state index contributed by atoms with van der Waals surface area (Å²) in [6.07, 6.45) is 0.592. The van der Waals surface area contributed by atoms with Crippen molar-refractivity contribution in [2.24, 2.45) is 0 Å². The number of hydrogen-bond acceptors (Lipinski definition) is 4. The second-order valence-electron chi connectivity index (χ2n) is 6.72. The van der Waals surface area contributed by atoms with Crippen molar-refractivity contribution in [3.63, 3.8) is 0 Å². The Morgan fingerprint density at radius 3 is 2.72 bits per heavy atom. The van der Waals surface area contributed by atoms with E-state index in [1.54, 1.807) is 19.2 Å². The zero-order chi connectivity index (χ0) is 18.4. The zero-order valence-electron chi connectivity index (χ0n) is 14.9. The van der Waals surface area contributed by atoms with Gasteiger partial charge in [0.1, 0.15) is 0 Å². The molecule has 0 atom stereocenters. The van der Waals surface area contributed by atoms with E-state index in [0.29, 0.717) is 25.1 Å². The molecule has 25 heavy (non-hydrogen) atoms. The van der Waals surface area contributed by atoms with Gasteiger partial charge in [-0.25, -0.2) is 0 Å². The van der Waals surface area contributed by atoms with Crippen molar-refractivity contribution in [3.8, 4) is 0 Å². The third-order valence-electron chi connectivity index (χ3n) is 4.15. The molecule has 0 aliphatic carbocycles. The molecule has 136 valence electrons. The van der Waals surface area contributed by atoms with E-state index in [0.717, 1.165) is 11.3 Å². The minimum atomic E-state index is -0.324. The number of ether oxygens (including phenoxy) is 1. The van der Waals surface area contributed by atoms with Crippen molar-refractivity contribution in [1.82, 2.24) is 10.6 Å². The van der Waals surface area contributed by atoms with Crippen molar-refractivity contribution in [3.05, 3.63) is 29.3 Å². The van der Waals surface area contributed by atoms with Gasteiger partial charge >= 0.3 is 0 Å². The minimum Gasteiger partial charge on any atom is -0.383 e. The van der Waals surface area contributed by atoms with Gasteiger partial charge in [0.25, 0.3) is 5.91 Å². The van der Waals surface area contributed by atoms with Gasteiger partial charge < -0.3 is 20.7 Å². The van der Waals surface area contributed by atoms with Crippen LogP contribution in [0.25, 0.3) is 0 Å². The molecule has 1 aromatic carbocycles. The second-order valence-corrected chi connectivity index (χ2v) is 6.72. The van der Waals surface area contributed by atoms with E-state index in [4.69, 9.17) is 4.74 Å². The van der Waals surface area contributed by atoms with Crippen LogP contribution in [0.3, 0.4) is 0 Å². The summed E-state index contributed by atoms with van der Waals surface area (Å²) in [5, 5.41) is 8.27. The normalized spacial score (nSPS) is 15.1. The number of amides is 3. The third kappa shape index (κ3) is 5.03. The molecule has 0 saturated carbocycles. The smallest absolute Gasteiger partial charge is 0.251 e. The summed E-state index contributed by atoms with van der Waals surface area (Å²) in [5.74, 6) is -0.388. The number of anilines is 1. The first-order valence-electron chi connectivity index (χ1n) is 8.32. The van der Waals surface area contributed by atoms with Crippen molar-refractivity contribution >= 4 is 23.4 Å². The van der Waals surface area contributed by atoms with Crippen molar-refractivity contribution < 1.29 is 19.1 Å². The van der Waals surface area contributed by atoms with E-state index >= 15 is 0 Å². The molecule has 1 aromatic rings. The van der Waals surface area contributed by atoms with Gasteiger partial charge in [0.2, 0.25) is 11.8 Å². The molecule has 3 N–H and O–H groups in total. The van der Waals surface area contributed by atoms with Crippen LogP contribution >= 0.6 is 0 Å². The first kappa shape index (κ1) is 18.9. The summed E-state index contributed by atoms with van der Waals surface area (Å²) in [4.78, 5) is 35.6. The van der Waals surface area contributed by atoms with Crippen molar-refractivity contribution in [1.29, 1.82) is 0 Å². The Hall–Kier alpha value is -2.41. The Kier molecular flexibility index (Phi) is 6.14. The van der Waals surface area contributed by atoms with Crippen LogP contribution in [0.2, 0.25) is 0 Å². The lowest BCUT2D eigenvalue weighted by molar-refractivity contribution is -0.121. The van der Waals surface area contributed by atoms with Gasteiger partial charge in [-0.15, -0.1) is 0 Å². The van der Waals surface area contributed by atoms with Crippen LogP contribution < -0.4 is 16.0 Å². The average Bonchev–Trinajstić information content (AvgIpc) is 2.54. The largest absolute Gasteiger partial charge is 0.383 e. The Balaban J connectivity index is 1.93. The Bertz CT molecular complexity index is 670. The maximum absolute atomic E-state index is 12.3. The highest BCUT2D eigenvalue weighted by Crippen LogP contribution is 2.37. The summed E-state index contributed by atoms with van der Waals surface area (Å²) < 4.78 is 4.85. The van der Waals surface area contributed by atoms with Gasteiger partial charge in [-0.2, -0.15) is 0 Å². The lowest BCUT2D eigenvalue weighted by Gasteiger charge is -2.32. The fourth-order valence-corrected chi connectivity index (χ4v) is 2.82. The van der Waals surface area contributed by atoms with Crippen LogP contribution in [0.4, 0.5) is 5.69 Å². The summed E-state index contributed by atoms with van der Waals surface area (Å²) in [6.45, 7) is 5.14. The van der Waals surface area contributed by atoms with E-state index in [1.807, 2.05) is 19.9 Å². The van der Waals surface area contributed by atoms with Crippen LogP contribution in [0.1, 0.15) is 42.6 Å². The quantitative estimate of drug-likeness (QED) is 0.646. The molecule has 0 fully saturated rings. The Morgan fingerprint density at radius 1 is 1.24 bits per heavy atom. The Labute approximate surface area is 147 Å². The predicted octanol–water partition coefficient (Wildman–Crippen LogP) is 1.19. The van der Waals surface area contributed by atoms with E-state index in [9.17, 15) is 14.4 Å². The molecule has 1 heterocycles. The van der Waals surface area contributed by atoms with Gasteiger partial charge in [-0.05, 0) is 23.8 Å². The third-order valence-corrected chi connectivity index (χ3v) is 4.15. The van der Waals surface area contributed by atoms with E-state index in [1.165, 1.54) is 0 Å². The van der Waals surface area contributed by atoms with Crippen LogP contribution in [0.5, 0.6) is 0 Å². The maximum atomic E-state index is 12.3. The molecule has 7 nitrogen and oxygen atoms in total. The standard InChI is InChI=1S/C18H25N3O4/c1-18(2)11-16(23)21-14-5-4-12(10-13(14)18)17(24)20-7-6-15(22)19-8-9-25-3/h4-5,10H,6-9,11H2,1-3H3,(H,19,22)(H,20,24)(H,21,23). The summed E-state index contributed by atoms with van der Waals surface area (Å²) in [6, 6.07) is 5.23. The summed E-state index contributed by atoms with van der Waals surface area (Å²) in [5.41, 5.74) is 1.88. The molecular formula is C18H25N3O4. The molecule has 0 unspecified atom stereocenters. The van der Waals surface area contributed by atoms with Crippen molar-refractivity contribution in [2.45, 2.75) is 32.1 Å². The highest BCUT2D eigenvalue weighted by atomic mass is 16.5. The Morgan fingerprint density at radius 2 is 2.00 bits per heavy atom. The van der Waals surface area contributed by atoms with Gasteiger partial charge in [-0.3, -0.25) is 14.4 Å². The van der Waals surface area contributed by atoms with E-state index in [-0.39, 0.29) is 36.1 Å². The monoisotopic (exact) mass is 347 g/mol. The molecule has 1 aliphatic heterocycles. The molecule has 7 heteroatoms. The molecule has 0 spiro atoms. The zero-order valence-corrected chi connectivity index (χ0v) is 14.9. The first-order valence-corrected chi connectivity index (χ1v) is 8.32. The number of benzene rings is 1.